The number of hydrogen-bond donors (Lipinski definition) is 0. The summed E-state index contributed by atoms with van der Waals surface area (Å²) in [6.45, 7) is 9.79. The first kappa shape index (κ1) is 33.1. The Kier molecular flexibility index (Phi) is 7.27. The number of rotatable bonds is 4. The van der Waals surface area contributed by atoms with E-state index in [2.05, 4.69) is 160 Å². The van der Waals surface area contributed by atoms with E-state index in [1.165, 1.54) is 105 Å². The standard InChI is InChI=1S/C52H51NS/c1-50(2)24-25-51(3,4)46-31-40(20-22-44(46)50)53(39-18-16-36(17-19-39)43-13-9-11-35-10-5-6-12-42(35)43)41-21-23-49-47(32-41)52(45-14-7-8-15-48(45)54-49)37-27-33-26-34(29-37)30-38(52)28-33/h5-23,31-34,37-38H,24-30H2,1-4H3. The summed E-state index contributed by atoms with van der Waals surface area (Å²) in [6, 6.07) is 49.4. The Bertz CT molecular complexity index is 2420. The molecule has 0 unspecified atom stereocenters. The van der Waals surface area contributed by atoms with Gasteiger partial charge in [0.05, 0.1) is 0 Å². The fraction of sp³-hybridized carbons (Fsp3) is 0.346. The van der Waals surface area contributed by atoms with Crippen molar-refractivity contribution in [2.75, 3.05) is 4.90 Å². The third-order valence-electron chi connectivity index (χ3n) is 15.0. The average molecular weight is 722 g/mol. The van der Waals surface area contributed by atoms with E-state index in [0.717, 1.165) is 23.7 Å². The maximum atomic E-state index is 2.66. The first-order valence-electron chi connectivity index (χ1n) is 20.6. The van der Waals surface area contributed by atoms with Gasteiger partial charge in [-0.1, -0.05) is 118 Å². The van der Waals surface area contributed by atoms with Crippen molar-refractivity contribution < 1.29 is 0 Å². The first-order valence-corrected chi connectivity index (χ1v) is 21.5. The molecule has 12 rings (SSSR count). The van der Waals surface area contributed by atoms with E-state index >= 15 is 0 Å². The minimum atomic E-state index is 0.104. The molecule has 6 aromatic carbocycles. The Morgan fingerprint density at radius 3 is 1.85 bits per heavy atom. The van der Waals surface area contributed by atoms with E-state index in [4.69, 9.17) is 0 Å². The van der Waals surface area contributed by atoms with E-state index in [1.54, 1.807) is 11.1 Å². The zero-order chi connectivity index (χ0) is 36.4. The lowest BCUT2D eigenvalue weighted by Gasteiger charge is -2.63. The maximum Gasteiger partial charge on any atom is 0.0465 e. The van der Waals surface area contributed by atoms with Gasteiger partial charge < -0.3 is 4.90 Å². The molecule has 4 fully saturated rings. The molecule has 1 spiro atoms. The molecule has 0 amide bonds. The van der Waals surface area contributed by atoms with E-state index in [9.17, 15) is 0 Å². The van der Waals surface area contributed by atoms with E-state index in [-0.39, 0.29) is 16.2 Å². The van der Waals surface area contributed by atoms with Crippen LogP contribution in [0, 0.1) is 23.7 Å². The predicted molar refractivity (Wildman–Crippen MR) is 228 cm³/mol. The molecule has 1 heterocycles. The molecule has 0 N–H and O–H groups in total. The monoisotopic (exact) mass is 721 g/mol. The molecule has 4 bridgehead atoms. The van der Waals surface area contributed by atoms with Crippen LogP contribution in [0.25, 0.3) is 21.9 Å². The van der Waals surface area contributed by atoms with Gasteiger partial charge in [-0.2, -0.15) is 0 Å². The summed E-state index contributed by atoms with van der Waals surface area (Å²) in [4.78, 5) is 5.55. The molecule has 0 radical (unpaired) electrons. The van der Waals surface area contributed by atoms with Gasteiger partial charge in [0.15, 0.2) is 0 Å². The van der Waals surface area contributed by atoms with E-state index < -0.39 is 0 Å². The molecule has 2 heteroatoms. The van der Waals surface area contributed by atoms with Crippen LogP contribution in [0.5, 0.6) is 0 Å². The molecule has 1 nitrogen and oxygen atoms in total. The summed E-state index contributed by atoms with van der Waals surface area (Å²) < 4.78 is 0. The first-order chi connectivity index (χ1) is 26.2. The van der Waals surface area contributed by atoms with Crippen LogP contribution in [0.3, 0.4) is 0 Å². The lowest BCUT2D eigenvalue weighted by Crippen LogP contribution is -2.57. The summed E-state index contributed by atoms with van der Waals surface area (Å²) in [5, 5.41) is 2.59. The van der Waals surface area contributed by atoms with Crippen molar-refractivity contribution in [2.45, 2.75) is 98.7 Å². The quantitative estimate of drug-likeness (QED) is 0.178. The van der Waals surface area contributed by atoms with Crippen LogP contribution in [0.4, 0.5) is 17.1 Å². The fourth-order valence-electron chi connectivity index (χ4n) is 12.5. The molecule has 1 aliphatic heterocycles. The van der Waals surface area contributed by atoms with Gasteiger partial charge >= 0.3 is 0 Å². The molecular formula is C52H51NS. The molecule has 0 aromatic heterocycles. The van der Waals surface area contributed by atoms with Gasteiger partial charge in [0.1, 0.15) is 0 Å². The van der Waals surface area contributed by atoms with Crippen LogP contribution in [-0.2, 0) is 16.2 Å². The lowest BCUT2D eigenvalue weighted by atomic mass is 9.42. The molecule has 5 aliphatic carbocycles. The highest BCUT2D eigenvalue weighted by molar-refractivity contribution is 7.99. The third-order valence-corrected chi connectivity index (χ3v) is 16.1. The van der Waals surface area contributed by atoms with Crippen molar-refractivity contribution >= 4 is 39.6 Å². The number of hydrogen-bond acceptors (Lipinski definition) is 2. The normalized spacial score (nSPS) is 26.7. The second-order valence-electron chi connectivity index (χ2n) is 18.9. The topological polar surface area (TPSA) is 3.24 Å². The smallest absolute Gasteiger partial charge is 0.0465 e. The molecule has 0 atom stereocenters. The van der Waals surface area contributed by atoms with Crippen molar-refractivity contribution in [3.8, 4) is 11.1 Å². The van der Waals surface area contributed by atoms with Gasteiger partial charge in [-0.05, 0) is 172 Å². The van der Waals surface area contributed by atoms with Crippen LogP contribution >= 0.6 is 11.8 Å². The molecule has 6 aromatic rings. The highest BCUT2D eigenvalue weighted by atomic mass is 32.2. The second kappa shape index (κ2) is 11.9. The molecule has 270 valence electrons. The van der Waals surface area contributed by atoms with Gasteiger partial charge in [0.25, 0.3) is 0 Å². The average Bonchev–Trinajstić information content (AvgIpc) is 3.18. The Balaban J connectivity index is 1.10. The van der Waals surface area contributed by atoms with Crippen molar-refractivity contribution in [2.24, 2.45) is 23.7 Å². The van der Waals surface area contributed by atoms with Crippen molar-refractivity contribution in [3.05, 3.63) is 150 Å². The lowest BCUT2D eigenvalue weighted by molar-refractivity contribution is -0.0443. The molecule has 54 heavy (non-hydrogen) atoms. The number of benzene rings is 6. The van der Waals surface area contributed by atoms with Crippen LogP contribution in [0.1, 0.15) is 94.9 Å². The Labute approximate surface area is 326 Å². The minimum Gasteiger partial charge on any atom is -0.310 e. The summed E-state index contributed by atoms with van der Waals surface area (Å²) in [7, 11) is 0. The Morgan fingerprint density at radius 2 is 1.09 bits per heavy atom. The molecule has 4 saturated carbocycles. The largest absolute Gasteiger partial charge is 0.310 e. The Hall–Kier alpha value is -4.27. The second-order valence-corrected chi connectivity index (χ2v) is 19.9. The van der Waals surface area contributed by atoms with Gasteiger partial charge in [-0.25, -0.2) is 0 Å². The Morgan fingerprint density at radius 1 is 0.500 bits per heavy atom. The number of fused-ring (bicyclic) bond motifs is 4. The zero-order valence-corrected chi connectivity index (χ0v) is 33.1. The van der Waals surface area contributed by atoms with E-state index in [1.807, 2.05) is 11.8 Å². The van der Waals surface area contributed by atoms with Crippen LogP contribution < -0.4 is 4.90 Å². The highest BCUT2D eigenvalue weighted by Gasteiger charge is 2.60. The van der Waals surface area contributed by atoms with Gasteiger partial charge in [0, 0.05) is 32.3 Å². The molecule has 6 aliphatic rings. The summed E-state index contributed by atoms with van der Waals surface area (Å²) in [5.41, 5.74) is 13.0. The number of nitrogens with zero attached hydrogens (tertiary/aromatic N) is 1. The third kappa shape index (κ3) is 4.84. The molecular weight excluding hydrogens is 671 g/mol. The summed E-state index contributed by atoms with van der Waals surface area (Å²) >= 11 is 2.01. The van der Waals surface area contributed by atoms with Gasteiger partial charge in [-0.3, -0.25) is 0 Å². The minimum absolute atomic E-state index is 0.104. The number of anilines is 3. The van der Waals surface area contributed by atoms with Gasteiger partial charge in [0.2, 0.25) is 0 Å². The fourth-order valence-corrected chi connectivity index (χ4v) is 13.7. The van der Waals surface area contributed by atoms with Crippen molar-refractivity contribution in [3.63, 3.8) is 0 Å². The zero-order valence-electron chi connectivity index (χ0n) is 32.2. The summed E-state index contributed by atoms with van der Waals surface area (Å²) in [5.74, 6) is 3.30. The van der Waals surface area contributed by atoms with Crippen LogP contribution in [0.2, 0.25) is 0 Å². The van der Waals surface area contributed by atoms with E-state index in [0.29, 0.717) is 0 Å². The molecule has 0 saturated heterocycles. The van der Waals surface area contributed by atoms with Crippen molar-refractivity contribution in [1.29, 1.82) is 0 Å². The maximum absolute atomic E-state index is 2.66. The van der Waals surface area contributed by atoms with Gasteiger partial charge in [-0.15, -0.1) is 0 Å². The van der Waals surface area contributed by atoms with Crippen LogP contribution in [0.15, 0.2) is 137 Å². The predicted octanol–water partition coefficient (Wildman–Crippen LogP) is 14.5. The van der Waals surface area contributed by atoms with Crippen molar-refractivity contribution in [1.82, 2.24) is 0 Å². The summed E-state index contributed by atoms with van der Waals surface area (Å²) in [6.07, 6.45) is 9.48. The SMILES string of the molecule is CC1(C)CCC(C)(C)c2cc(N(c3ccc(-c4cccc5ccccc45)cc3)c3ccc4c(c3)C3(c5ccccc5S4)C4CC5CC(C4)CC3C5)ccc21. The highest BCUT2D eigenvalue weighted by Crippen LogP contribution is 2.69. The van der Waals surface area contributed by atoms with Crippen LogP contribution in [-0.4, -0.2) is 0 Å².